The molecule has 0 bridgehead atoms. The van der Waals surface area contributed by atoms with Gasteiger partial charge in [0.1, 0.15) is 13.2 Å². The van der Waals surface area contributed by atoms with E-state index in [-0.39, 0.29) is 44.0 Å². The summed E-state index contributed by atoms with van der Waals surface area (Å²) in [6.07, 6.45) is 59.1. The van der Waals surface area contributed by atoms with Crippen LogP contribution in [-0.4, -0.2) is 37.2 Å². The molecule has 0 radical (unpaired) electrons. The van der Waals surface area contributed by atoms with E-state index < -0.39 is 6.10 Å². The first-order valence-corrected chi connectivity index (χ1v) is 21.6. The van der Waals surface area contributed by atoms with Gasteiger partial charge in [-0.25, -0.2) is 0 Å². The fourth-order valence-electron chi connectivity index (χ4n) is 5.13. The lowest BCUT2D eigenvalue weighted by Gasteiger charge is -2.18. The average molecular weight is 773 g/mol. The Labute approximate surface area is 342 Å². The summed E-state index contributed by atoms with van der Waals surface area (Å²) < 4.78 is 16.6. The largest absolute Gasteiger partial charge is 0.462 e. The summed E-state index contributed by atoms with van der Waals surface area (Å²) in [5, 5.41) is 0. The summed E-state index contributed by atoms with van der Waals surface area (Å²) in [6.45, 7) is 6.11. The van der Waals surface area contributed by atoms with E-state index in [0.717, 1.165) is 103 Å². The molecule has 0 aliphatic rings. The number of hydrogen-bond donors (Lipinski definition) is 0. The van der Waals surface area contributed by atoms with Gasteiger partial charge in [0.25, 0.3) is 0 Å². The first-order chi connectivity index (χ1) is 27.5. The van der Waals surface area contributed by atoms with Crippen LogP contribution in [0.3, 0.4) is 0 Å². The van der Waals surface area contributed by atoms with E-state index in [4.69, 9.17) is 14.2 Å². The van der Waals surface area contributed by atoms with Crippen molar-refractivity contribution in [2.24, 2.45) is 0 Å². The third-order valence-corrected chi connectivity index (χ3v) is 8.29. The SMILES string of the molecule is CC\C=C/C=C\C=C/C=C\CCCCCCCC(=O)OCC(COC(=O)CCC/C=C\C/C=C\C/C=C\CC)OC(=O)CCCC/C=C\C/C=C\C/C=C\CC. The highest BCUT2D eigenvalue weighted by Crippen LogP contribution is 2.11. The fraction of sp³-hybridized carbons (Fsp3) is 0.540. The molecule has 6 nitrogen and oxygen atoms in total. The molecule has 1 unspecified atom stereocenters. The van der Waals surface area contributed by atoms with Gasteiger partial charge in [-0.3, -0.25) is 14.4 Å². The van der Waals surface area contributed by atoms with E-state index in [1.807, 2.05) is 24.3 Å². The highest BCUT2D eigenvalue weighted by atomic mass is 16.6. The number of unbranched alkanes of at least 4 members (excludes halogenated alkanes) is 8. The molecule has 0 heterocycles. The molecule has 0 saturated carbocycles. The normalized spacial score (nSPS) is 13.3. The zero-order chi connectivity index (χ0) is 40.8. The van der Waals surface area contributed by atoms with Crippen molar-refractivity contribution in [1.29, 1.82) is 0 Å². The number of carbonyl (C=O) groups excluding carboxylic acids is 3. The summed E-state index contributed by atoms with van der Waals surface area (Å²) in [4.78, 5) is 37.6. The Bertz CT molecular complexity index is 1260. The number of carbonyl (C=O) groups is 3. The zero-order valence-corrected chi connectivity index (χ0v) is 35.3. The number of ether oxygens (including phenoxy) is 3. The molecular formula is C50H76O6. The summed E-state index contributed by atoms with van der Waals surface area (Å²) in [7, 11) is 0. The smallest absolute Gasteiger partial charge is 0.306 e. The Morgan fingerprint density at radius 3 is 1.32 bits per heavy atom. The summed E-state index contributed by atoms with van der Waals surface area (Å²) in [6, 6.07) is 0. The molecule has 0 aliphatic heterocycles. The van der Waals surface area contributed by atoms with E-state index in [1.54, 1.807) is 0 Å². The molecule has 6 heteroatoms. The third kappa shape index (κ3) is 41.0. The molecule has 0 saturated heterocycles. The fourth-order valence-corrected chi connectivity index (χ4v) is 5.13. The standard InChI is InChI=1S/C50H76O6/c1-4-7-10-13-16-19-22-24-25-26-29-31-34-37-40-43-49(52)55-46-47(45-54-48(51)42-39-36-33-30-27-21-18-15-12-9-6-3)56-50(53)44-41-38-35-32-28-23-20-17-14-11-8-5-2/h7-13,16-22,24-25,28,30,32-33,47H,4-6,14-15,23,26-27,29,31,34-46H2,1-3H3/b10-7-,11-8-,12-9-,16-13-,20-17-,21-18-,22-19-,25-24-,32-28-,33-30-. The first-order valence-electron chi connectivity index (χ1n) is 21.6. The van der Waals surface area contributed by atoms with Crippen molar-refractivity contribution < 1.29 is 28.6 Å². The van der Waals surface area contributed by atoms with Crippen molar-refractivity contribution >= 4 is 17.9 Å². The van der Waals surface area contributed by atoms with Crippen LogP contribution in [0, 0.1) is 0 Å². The number of esters is 3. The minimum absolute atomic E-state index is 0.126. The van der Waals surface area contributed by atoms with Crippen LogP contribution in [0.15, 0.2) is 122 Å². The Hall–Kier alpha value is -4.19. The van der Waals surface area contributed by atoms with Crippen molar-refractivity contribution in [1.82, 2.24) is 0 Å². The van der Waals surface area contributed by atoms with Crippen LogP contribution in [-0.2, 0) is 28.6 Å². The minimum Gasteiger partial charge on any atom is -0.462 e. The molecule has 0 rings (SSSR count). The van der Waals surface area contributed by atoms with Gasteiger partial charge >= 0.3 is 17.9 Å². The Morgan fingerprint density at radius 1 is 0.375 bits per heavy atom. The Kier molecular flexibility index (Phi) is 40.3. The second-order valence-corrected chi connectivity index (χ2v) is 13.5. The van der Waals surface area contributed by atoms with Crippen LogP contribution >= 0.6 is 0 Å². The molecule has 0 aromatic heterocycles. The van der Waals surface area contributed by atoms with Crippen LogP contribution in [0.5, 0.6) is 0 Å². The van der Waals surface area contributed by atoms with E-state index >= 15 is 0 Å². The van der Waals surface area contributed by atoms with Crippen LogP contribution in [0.1, 0.15) is 156 Å². The number of rotatable bonds is 36. The zero-order valence-electron chi connectivity index (χ0n) is 35.3. The second-order valence-electron chi connectivity index (χ2n) is 13.5. The van der Waals surface area contributed by atoms with E-state index in [9.17, 15) is 14.4 Å². The van der Waals surface area contributed by atoms with Gasteiger partial charge in [-0.1, -0.05) is 162 Å². The maximum absolute atomic E-state index is 12.7. The minimum atomic E-state index is -0.829. The third-order valence-electron chi connectivity index (χ3n) is 8.29. The summed E-state index contributed by atoms with van der Waals surface area (Å²) >= 11 is 0. The number of hydrogen-bond acceptors (Lipinski definition) is 6. The molecule has 0 aliphatic carbocycles. The van der Waals surface area contributed by atoms with Crippen molar-refractivity contribution in [3.8, 4) is 0 Å². The first kappa shape index (κ1) is 51.8. The molecule has 0 N–H and O–H groups in total. The predicted molar refractivity (Wildman–Crippen MR) is 237 cm³/mol. The molecule has 0 spiro atoms. The molecule has 0 amide bonds. The lowest BCUT2D eigenvalue weighted by atomic mass is 10.1. The van der Waals surface area contributed by atoms with Gasteiger partial charge in [-0.2, -0.15) is 0 Å². The van der Waals surface area contributed by atoms with Crippen molar-refractivity contribution in [3.05, 3.63) is 122 Å². The predicted octanol–water partition coefficient (Wildman–Crippen LogP) is 13.8. The summed E-state index contributed by atoms with van der Waals surface area (Å²) in [5.41, 5.74) is 0. The van der Waals surface area contributed by atoms with Crippen LogP contribution < -0.4 is 0 Å². The lowest BCUT2D eigenvalue weighted by molar-refractivity contribution is -0.167. The molecule has 0 aromatic carbocycles. The Balaban J connectivity index is 4.57. The molecule has 56 heavy (non-hydrogen) atoms. The van der Waals surface area contributed by atoms with E-state index in [2.05, 4.69) is 118 Å². The topological polar surface area (TPSA) is 78.9 Å². The van der Waals surface area contributed by atoms with Gasteiger partial charge in [0.15, 0.2) is 6.10 Å². The monoisotopic (exact) mass is 773 g/mol. The molecule has 312 valence electrons. The maximum Gasteiger partial charge on any atom is 0.306 e. The van der Waals surface area contributed by atoms with Gasteiger partial charge < -0.3 is 14.2 Å². The number of allylic oxidation sites excluding steroid dienone is 20. The van der Waals surface area contributed by atoms with Gasteiger partial charge in [-0.15, -0.1) is 0 Å². The average Bonchev–Trinajstić information content (AvgIpc) is 3.19. The van der Waals surface area contributed by atoms with Crippen molar-refractivity contribution in [2.75, 3.05) is 13.2 Å². The molecular weight excluding hydrogens is 697 g/mol. The van der Waals surface area contributed by atoms with Crippen LogP contribution in [0.25, 0.3) is 0 Å². The highest BCUT2D eigenvalue weighted by Gasteiger charge is 2.19. The van der Waals surface area contributed by atoms with Gasteiger partial charge in [-0.05, 0) is 96.3 Å². The maximum atomic E-state index is 12.7. The van der Waals surface area contributed by atoms with E-state index in [0.29, 0.717) is 19.3 Å². The van der Waals surface area contributed by atoms with Gasteiger partial charge in [0.2, 0.25) is 0 Å². The van der Waals surface area contributed by atoms with Crippen molar-refractivity contribution in [3.63, 3.8) is 0 Å². The molecule has 0 fully saturated rings. The van der Waals surface area contributed by atoms with Gasteiger partial charge in [0, 0.05) is 19.3 Å². The highest BCUT2D eigenvalue weighted by molar-refractivity contribution is 5.71. The molecule has 0 aromatic rings. The second kappa shape index (κ2) is 43.5. The van der Waals surface area contributed by atoms with Crippen LogP contribution in [0.2, 0.25) is 0 Å². The van der Waals surface area contributed by atoms with Crippen molar-refractivity contribution in [2.45, 2.75) is 162 Å². The quantitative estimate of drug-likeness (QED) is 0.0207. The molecule has 1 atom stereocenters. The summed E-state index contributed by atoms with van der Waals surface area (Å²) in [5.74, 6) is -1.06. The lowest BCUT2D eigenvalue weighted by Crippen LogP contribution is -2.30. The van der Waals surface area contributed by atoms with E-state index in [1.165, 1.54) is 0 Å². The van der Waals surface area contributed by atoms with Gasteiger partial charge in [0.05, 0.1) is 0 Å². The van der Waals surface area contributed by atoms with Crippen LogP contribution in [0.4, 0.5) is 0 Å². The Morgan fingerprint density at radius 2 is 0.750 bits per heavy atom.